The maximum absolute atomic E-state index is 10.0. The Kier molecular flexibility index (Phi) is 3.76. The van der Waals surface area contributed by atoms with Crippen molar-refractivity contribution in [1.82, 2.24) is 14.6 Å². The van der Waals surface area contributed by atoms with Gasteiger partial charge in [0.05, 0.1) is 11.2 Å². The van der Waals surface area contributed by atoms with Gasteiger partial charge in [0.1, 0.15) is 22.9 Å². The molecule has 5 aromatic rings. The van der Waals surface area contributed by atoms with E-state index in [1.807, 2.05) is 54.0 Å². The molecule has 2 aromatic heterocycles. The van der Waals surface area contributed by atoms with Crippen LogP contribution in [0.4, 0.5) is 11.4 Å². The summed E-state index contributed by atoms with van der Waals surface area (Å²) in [5.41, 5.74) is 9.00. The average Bonchev–Trinajstić information content (AvgIpc) is 3.17. The quantitative estimate of drug-likeness (QED) is 0.190. The molecule has 4 N–H and O–H groups in total. The van der Waals surface area contributed by atoms with Crippen LogP contribution >= 0.6 is 11.5 Å². The molecular formula is C20H13N6OS+. The van der Waals surface area contributed by atoms with E-state index < -0.39 is 0 Å². The van der Waals surface area contributed by atoms with E-state index in [9.17, 15) is 10.4 Å². The second-order valence-electron chi connectivity index (χ2n) is 6.26. The smallest absolute Gasteiger partial charge is 0.154 e. The summed E-state index contributed by atoms with van der Waals surface area (Å²) in [6, 6.07) is 19.1. The molecule has 3 aromatic carbocycles. The van der Waals surface area contributed by atoms with Gasteiger partial charge < -0.3 is 5.11 Å². The molecule has 0 unspecified atom stereocenters. The molecule has 0 aliphatic carbocycles. The van der Waals surface area contributed by atoms with Crippen LogP contribution in [-0.2, 0) is 0 Å². The summed E-state index contributed by atoms with van der Waals surface area (Å²) < 4.78 is 4.38. The summed E-state index contributed by atoms with van der Waals surface area (Å²) >= 11 is 1.13. The van der Waals surface area contributed by atoms with Gasteiger partial charge >= 0.3 is 0 Å². The number of aromatic hydroxyl groups is 1. The van der Waals surface area contributed by atoms with Crippen LogP contribution in [0, 0.1) is 11.3 Å². The fraction of sp³-hybridized carbons (Fsp3) is 0. The maximum Gasteiger partial charge on any atom is 0.154 e. The zero-order valence-corrected chi connectivity index (χ0v) is 15.2. The Balaban J connectivity index is 1.52. The topological polar surface area (TPSA) is 111 Å². The number of hydrogen-bond donors (Lipinski definition) is 3. The van der Waals surface area contributed by atoms with Gasteiger partial charge in [0, 0.05) is 28.3 Å². The van der Waals surface area contributed by atoms with Gasteiger partial charge in [0.25, 0.3) is 0 Å². The summed E-state index contributed by atoms with van der Waals surface area (Å²) in [5, 5.41) is 30.1. The Bertz CT molecular complexity index is 1410. The minimum atomic E-state index is 0.254. The Morgan fingerprint density at radius 3 is 2.68 bits per heavy atom. The molecule has 7 nitrogen and oxygen atoms in total. The Morgan fingerprint density at radius 1 is 0.964 bits per heavy atom. The number of aromatic nitrogens is 3. The van der Waals surface area contributed by atoms with Crippen molar-refractivity contribution in [2.24, 2.45) is 0 Å². The third kappa shape index (κ3) is 2.58. The monoisotopic (exact) mass is 385 g/mol. The zero-order valence-electron chi connectivity index (χ0n) is 14.4. The molecule has 0 atom stereocenters. The Morgan fingerprint density at radius 2 is 1.82 bits per heavy atom. The van der Waals surface area contributed by atoms with Crippen LogP contribution < -0.4 is 10.9 Å². The third-order valence-electron chi connectivity index (χ3n) is 4.60. The van der Waals surface area contributed by atoms with Crippen LogP contribution in [0.3, 0.4) is 0 Å². The number of nitrogen functional groups attached to an aromatic ring is 1. The van der Waals surface area contributed by atoms with Crippen LogP contribution in [-0.4, -0.2) is 19.7 Å². The lowest BCUT2D eigenvalue weighted by molar-refractivity contribution is -0.538. The lowest BCUT2D eigenvalue weighted by atomic mass is 10.1. The molecular weight excluding hydrogens is 372 g/mol. The average molecular weight is 385 g/mol. The predicted molar refractivity (Wildman–Crippen MR) is 108 cm³/mol. The molecule has 8 heteroatoms. The molecule has 0 radical (unpaired) electrons. The number of anilines is 1. The molecule has 0 bridgehead atoms. The van der Waals surface area contributed by atoms with Gasteiger partial charge in [-0.15, -0.1) is 10.2 Å². The van der Waals surface area contributed by atoms with Crippen LogP contribution in [0.5, 0.6) is 5.75 Å². The zero-order chi connectivity index (χ0) is 19.1. The molecule has 28 heavy (non-hydrogen) atoms. The molecule has 2 heterocycles. The van der Waals surface area contributed by atoms with Gasteiger partial charge in [-0.05, 0) is 29.7 Å². The van der Waals surface area contributed by atoms with Crippen molar-refractivity contribution < 1.29 is 10.5 Å². The van der Waals surface area contributed by atoms with E-state index >= 15 is 0 Å². The summed E-state index contributed by atoms with van der Waals surface area (Å²) in [5.74, 6) is 0.254. The van der Waals surface area contributed by atoms with Gasteiger partial charge in [0.2, 0.25) is 0 Å². The molecule has 0 aliphatic heterocycles. The number of benzene rings is 3. The molecule has 134 valence electrons. The first kappa shape index (κ1) is 16.4. The predicted octanol–water partition coefficient (Wildman–Crippen LogP) is 3.19. The normalized spacial score (nSPS) is 11.1. The first-order valence-corrected chi connectivity index (χ1v) is 9.28. The molecule has 0 aliphatic rings. The van der Waals surface area contributed by atoms with Crippen molar-refractivity contribution in [2.45, 2.75) is 0 Å². The largest absolute Gasteiger partial charge is 0.507 e. The van der Waals surface area contributed by atoms with E-state index in [1.54, 1.807) is 6.07 Å². The van der Waals surface area contributed by atoms with Gasteiger partial charge in [0.15, 0.2) is 10.6 Å². The van der Waals surface area contributed by atoms with Crippen molar-refractivity contribution in [2.75, 3.05) is 5.43 Å². The number of nitriles is 1. The van der Waals surface area contributed by atoms with Crippen molar-refractivity contribution in [3.05, 3.63) is 59.5 Å². The Labute approximate surface area is 163 Å². The van der Waals surface area contributed by atoms with Crippen LogP contribution in [0.15, 0.2) is 54.6 Å². The SMILES string of the molecule is N#Cc1snc2c1nnc1ccc([NH2+]Nc3ccc(O)c4ccccc34)cc12. The van der Waals surface area contributed by atoms with Crippen LogP contribution in [0.2, 0.25) is 0 Å². The highest BCUT2D eigenvalue weighted by Crippen LogP contribution is 2.30. The number of nitrogens with two attached hydrogens (primary N) is 1. The second-order valence-corrected chi connectivity index (χ2v) is 7.04. The van der Waals surface area contributed by atoms with Gasteiger partial charge in [-0.1, -0.05) is 24.3 Å². The number of phenols is 1. The minimum Gasteiger partial charge on any atom is -0.507 e. The van der Waals surface area contributed by atoms with Gasteiger partial charge in [-0.3, -0.25) is 0 Å². The fourth-order valence-electron chi connectivity index (χ4n) is 3.22. The molecule has 0 fully saturated rings. The number of hydrogen-bond acceptors (Lipinski definition) is 7. The summed E-state index contributed by atoms with van der Waals surface area (Å²) in [6.45, 7) is 0. The molecule has 0 amide bonds. The van der Waals surface area contributed by atoms with Crippen molar-refractivity contribution in [1.29, 1.82) is 5.26 Å². The van der Waals surface area contributed by atoms with Crippen molar-refractivity contribution >= 4 is 55.6 Å². The van der Waals surface area contributed by atoms with E-state index in [0.29, 0.717) is 15.9 Å². The molecule has 0 spiro atoms. The number of rotatable bonds is 3. The van der Waals surface area contributed by atoms with Gasteiger partial charge in [-0.2, -0.15) is 9.64 Å². The van der Waals surface area contributed by atoms with E-state index in [2.05, 4.69) is 26.1 Å². The number of quaternary nitrogens is 1. The van der Waals surface area contributed by atoms with Crippen LogP contribution in [0.25, 0.3) is 32.7 Å². The highest BCUT2D eigenvalue weighted by atomic mass is 32.1. The summed E-state index contributed by atoms with van der Waals surface area (Å²) in [6.07, 6.45) is 0. The molecule has 0 saturated carbocycles. The van der Waals surface area contributed by atoms with E-state index in [4.69, 9.17) is 0 Å². The number of nitrogens with zero attached hydrogens (tertiary/aromatic N) is 4. The summed E-state index contributed by atoms with van der Waals surface area (Å²) in [7, 11) is 0. The van der Waals surface area contributed by atoms with Crippen molar-refractivity contribution in [3.63, 3.8) is 0 Å². The number of phenolic OH excluding ortho intramolecular Hbond substituents is 1. The van der Waals surface area contributed by atoms with Gasteiger partial charge in [-0.25, -0.2) is 10.9 Å². The Hall–Kier alpha value is -3.80. The molecule has 5 rings (SSSR count). The minimum absolute atomic E-state index is 0.254. The fourth-order valence-corrected chi connectivity index (χ4v) is 3.85. The van der Waals surface area contributed by atoms with Crippen molar-refractivity contribution in [3.8, 4) is 11.8 Å². The number of fused-ring (bicyclic) bond motifs is 4. The lowest BCUT2D eigenvalue weighted by Crippen LogP contribution is -2.82. The second kappa shape index (κ2) is 6.42. The van der Waals surface area contributed by atoms with E-state index in [-0.39, 0.29) is 5.75 Å². The van der Waals surface area contributed by atoms with E-state index in [0.717, 1.165) is 44.6 Å². The van der Waals surface area contributed by atoms with Crippen LogP contribution in [0.1, 0.15) is 4.88 Å². The first-order valence-electron chi connectivity index (χ1n) is 8.51. The van der Waals surface area contributed by atoms with E-state index in [1.165, 1.54) is 0 Å². The third-order valence-corrected chi connectivity index (χ3v) is 5.34. The highest BCUT2D eigenvalue weighted by Gasteiger charge is 2.13. The first-order chi connectivity index (χ1) is 13.7. The molecule has 0 saturated heterocycles. The maximum atomic E-state index is 10.0. The highest BCUT2D eigenvalue weighted by molar-refractivity contribution is 7.07. The number of nitrogens with one attached hydrogen (secondary N) is 1. The summed E-state index contributed by atoms with van der Waals surface area (Å²) in [4.78, 5) is 0.465. The standard InChI is InChI=1S/C20H12N6OS/c21-10-18-20-19(26-28-18)14-9-11(5-6-16(14)24-25-20)22-23-15-7-8-17(27)13-4-2-1-3-12(13)15/h1-9,22-23,27H/p+1. The lowest BCUT2D eigenvalue weighted by Gasteiger charge is -2.09.